The van der Waals surface area contributed by atoms with E-state index in [-0.39, 0.29) is 23.2 Å². The molecular weight excluding hydrogens is 526 g/mol. The van der Waals surface area contributed by atoms with Crippen LogP contribution in [0.25, 0.3) is 10.8 Å². The fourth-order valence-corrected chi connectivity index (χ4v) is 7.44. The minimum Gasteiger partial charge on any atom is -0.377 e. The number of anilines is 1. The van der Waals surface area contributed by atoms with Crippen molar-refractivity contribution in [3.8, 4) is 0 Å². The zero-order chi connectivity index (χ0) is 29.5. The van der Waals surface area contributed by atoms with Crippen molar-refractivity contribution in [3.05, 3.63) is 42.0 Å². The van der Waals surface area contributed by atoms with Crippen LogP contribution in [0.4, 0.5) is 5.69 Å². The number of unbranched alkanes of at least 4 members (excludes halogenated alkanes) is 13. The van der Waals surface area contributed by atoms with E-state index in [0.717, 1.165) is 12.8 Å². The molecule has 1 aliphatic rings. The van der Waals surface area contributed by atoms with Gasteiger partial charge in [-0.3, -0.25) is 9.59 Å². The molecule has 228 valence electrons. The molecule has 3 rings (SSSR count). The molecule has 0 aliphatic carbocycles. The third-order valence-electron chi connectivity index (χ3n) is 8.46. The van der Waals surface area contributed by atoms with Crippen LogP contribution in [0.5, 0.6) is 0 Å². The zero-order valence-corrected chi connectivity index (χ0v) is 27.1. The average Bonchev–Trinajstić information content (AvgIpc) is 3.34. The second-order valence-electron chi connectivity index (χ2n) is 12.1. The molecule has 2 aromatic rings. The van der Waals surface area contributed by atoms with E-state index < -0.39 is 0 Å². The Morgan fingerprint density at radius 3 is 2.00 bits per heavy atom. The molecule has 0 aromatic heterocycles. The van der Waals surface area contributed by atoms with Gasteiger partial charge in [0, 0.05) is 38.6 Å². The fraction of sp³-hybridized carbons (Fsp3) is 0.657. The Balaban J connectivity index is 1.52. The highest BCUT2D eigenvalue weighted by molar-refractivity contribution is 8.00. The number of nitrogens with one attached hydrogen (secondary N) is 1. The number of rotatable bonds is 20. The Kier molecular flexibility index (Phi) is 14.9. The van der Waals surface area contributed by atoms with Crippen molar-refractivity contribution in [3.63, 3.8) is 0 Å². The number of benzene rings is 2. The molecule has 2 amide bonds. The number of nitrogens with zero attached hydrogens (tertiary/aromatic N) is 2. The molecule has 0 bridgehead atoms. The molecule has 1 N–H and O–H groups in total. The summed E-state index contributed by atoms with van der Waals surface area (Å²) in [7, 11) is 4.14. The van der Waals surface area contributed by atoms with Crippen LogP contribution in [0.15, 0.2) is 36.4 Å². The number of amides is 2. The first-order chi connectivity index (χ1) is 19.9. The smallest absolute Gasteiger partial charge is 0.234 e. The van der Waals surface area contributed by atoms with Crippen LogP contribution in [-0.4, -0.2) is 49.1 Å². The molecule has 5 nitrogen and oxygen atoms in total. The van der Waals surface area contributed by atoms with E-state index in [1.807, 2.05) is 0 Å². The first-order valence-electron chi connectivity index (χ1n) is 16.3. The van der Waals surface area contributed by atoms with Gasteiger partial charge in [-0.2, -0.15) is 0 Å². The molecule has 1 fully saturated rings. The van der Waals surface area contributed by atoms with Gasteiger partial charge in [-0.05, 0) is 23.4 Å². The van der Waals surface area contributed by atoms with Crippen LogP contribution in [0, 0.1) is 0 Å². The lowest BCUT2D eigenvalue weighted by Crippen LogP contribution is -2.45. The van der Waals surface area contributed by atoms with E-state index in [2.05, 4.69) is 72.5 Å². The molecule has 41 heavy (non-hydrogen) atoms. The Morgan fingerprint density at radius 2 is 1.44 bits per heavy atom. The molecule has 2 atom stereocenters. The fourth-order valence-electron chi connectivity index (χ4n) is 6.16. The molecule has 0 spiro atoms. The summed E-state index contributed by atoms with van der Waals surface area (Å²) >= 11 is 1.72. The van der Waals surface area contributed by atoms with Crippen LogP contribution in [0.2, 0.25) is 0 Å². The number of hydrogen-bond donors (Lipinski definition) is 1. The highest BCUT2D eigenvalue weighted by Crippen LogP contribution is 2.44. The quantitative estimate of drug-likeness (QED) is 0.159. The molecular formula is C35H55N3O2S. The molecule has 1 aliphatic heterocycles. The molecule has 0 saturated carbocycles. The third kappa shape index (κ3) is 10.5. The van der Waals surface area contributed by atoms with E-state index in [1.165, 1.54) is 105 Å². The average molecular weight is 582 g/mol. The minimum atomic E-state index is -0.0346. The maximum absolute atomic E-state index is 13.3. The Labute approximate surface area is 254 Å². The van der Waals surface area contributed by atoms with Gasteiger partial charge in [-0.15, -0.1) is 11.8 Å². The Hall–Kier alpha value is -2.21. The maximum Gasteiger partial charge on any atom is 0.234 e. The second kappa shape index (κ2) is 18.4. The van der Waals surface area contributed by atoms with Gasteiger partial charge in [0.05, 0.1) is 11.8 Å². The first kappa shape index (κ1) is 33.3. The SMILES string of the molecule is CCCCCCCCCCCCCCCCC(CNC(C)=O)N1C(=O)CSC1c1ccc(N(C)C)c2ccccc12. The van der Waals surface area contributed by atoms with Gasteiger partial charge in [-0.1, -0.05) is 127 Å². The third-order valence-corrected chi connectivity index (χ3v) is 9.67. The molecule has 2 unspecified atom stereocenters. The van der Waals surface area contributed by atoms with Gasteiger partial charge in [0.15, 0.2) is 0 Å². The maximum atomic E-state index is 13.3. The summed E-state index contributed by atoms with van der Waals surface area (Å²) in [5.41, 5.74) is 2.37. The summed E-state index contributed by atoms with van der Waals surface area (Å²) in [6.07, 6.45) is 19.6. The summed E-state index contributed by atoms with van der Waals surface area (Å²) in [6, 6.07) is 12.9. The largest absolute Gasteiger partial charge is 0.377 e. The van der Waals surface area contributed by atoms with Crippen LogP contribution in [0.3, 0.4) is 0 Å². The number of hydrogen-bond acceptors (Lipinski definition) is 4. The minimum absolute atomic E-state index is 0.0102. The van der Waals surface area contributed by atoms with Crippen LogP contribution < -0.4 is 10.2 Å². The summed E-state index contributed by atoms with van der Waals surface area (Å²) in [4.78, 5) is 29.4. The first-order valence-corrected chi connectivity index (χ1v) is 17.3. The number of fused-ring (bicyclic) bond motifs is 1. The highest BCUT2D eigenvalue weighted by Gasteiger charge is 2.38. The lowest BCUT2D eigenvalue weighted by Gasteiger charge is -2.34. The van der Waals surface area contributed by atoms with Crippen molar-refractivity contribution in [2.45, 2.75) is 122 Å². The number of carbonyl (C=O) groups excluding carboxylic acids is 2. The Morgan fingerprint density at radius 1 is 0.878 bits per heavy atom. The summed E-state index contributed by atoms with van der Waals surface area (Å²) < 4.78 is 0. The van der Waals surface area contributed by atoms with E-state index >= 15 is 0 Å². The predicted molar refractivity (Wildman–Crippen MR) is 178 cm³/mol. The van der Waals surface area contributed by atoms with Crippen molar-refractivity contribution >= 4 is 40.0 Å². The second-order valence-corrected chi connectivity index (χ2v) is 13.1. The summed E-state index contributed by atoms with van der Waals surface area (Å²) in [5, 5.41) is 5.40. The summed E-state index contributed by atoms with van der Waals surface area (Å²) in [5.74, 6) is 0.637. The monoisotopic (exact) mass is 581 g/mol. The van der Waals surface area contributed by atoms with Crippen molar-refractivity contribution in [1.29, 1.82) is 0 Å². The van der Waals surface area contributed by atoms with Crippen molar-refractivity contribution in [1.82, 2.24) is 10.2 Å². The van der Waals surface area contributed by atoms with Gasteiger partial charge < -0.3 is 15.1 Å². The van der Waals surface area contributed by atoms with E-state index in [4.69, 9.17) is 0 Å². The molecule has 1 heterocycles. The molecule has 6 heteroatoms. The predicted octanol–water partition coefficient (Wildman–Crippen LogP) is 8.86. The van der Waals surface area contributed by atoms with Crippen molar-refractivity contribution < 1.29 is 9.59 Å². The number of carbonyl (C=O) groups is 2. The number of thioether (sulfide) groups is 1. The van der Waals surface area contributed by atoms with E-state index in [0.29, 0.717) is 12.3 Å². The lowest BCUT2D eigenvalue weighted by molar-refractivity contribution is -0.131. The van der Waals surface area contributed by atoms with E-state index in [1.54, 1.807) is 18.7 Å². The Bertz CT molecular complexity index is 1070. The van der Waals surface area contributed by atoms with Gasteiger partial charge in [0.25, 0.3) is 0 Å². The summed E-state index contributed by atoms with van der Waals surface area (Å²) in [6.45, 7) is 4.36. The van der Waals surface area contributed by atoms with Crippen LogP contribution in [0.1, 0.15) is 121 Å². The van der Waals surface area contributed by atoms with Gasteiger partial charge >= 0.3 is 0 Å². The highest BCUT2D eigenvalue weighted by atomic mass is 32.2. The standard InChI is InChI=1S/C35H55N3O2S/c1-5-6-7-8-9-10-11-12-13-14-15-16-17-18-21-29(26-36-28(2)39)38-34(40)27-41-35(38)32-24-25-33(37(3)4)31-23-20-19-22-30(31)32/h19-20,22-25,29,35H,5-18,21,26-27H2,1-4H3,(H,36,39). The van der Waals surface area contributed by atoms with Crippen LogP contribution >= 0.6 is 11.8 Å². The normalized spacial score (nSPS) is 16.0. The molecule has 0 radical (unpaired) electrons. The van der Waals surface area contributed by atoms with Crippen molar-refractivity contribution in [2.24, 2.45) is 0 Å². The molecule has 1 saturated heterocycles. The van der Waals surface area contributed by atoms with Gasteiger partial charge in [0.1, 0.15) is 5.37 Å². The van der Waals surface area contributed by atoms with Gasteiger partial charge in [0.2, 0.25) is 11.8 Å². The zero-order valence-electron chi connectivity index (χ0n) is 26.3. The van der Waals surface area contributed by atoms with Crippen LogP contribution in [-0.2, 0) is 9.59 Å². The lowest BCUT2D eigenvalue weighted by atomic mass is 9.99. The topological polar surface area (TPSA) is 52.7 Å². The molecule has 2 aromatic carbocycles. The van der Waals surface area contributed by atoms with Gasteiger partial charge in [-0.25, -0.2) is 0 Å². The van der Waals surface area contributed by atoms with E-state index in [9.17, 15) is 9.59 Å². The van der Waals surface area contributed by atoms with Crippen molar-refractivity contribution in [2.75, 3.05) is 31.3 Å².